The van der Waals surface area contributed by atoms with E-state index in [-0.39, 0.29) is 5.56 Å². The standard InChI is InChI=1S/C11H11BrF3NO2/c12-5-2-6-16-10(17)8-3-1-4-9(7-8)18-11(13,14)15/h1,3-4,7H,2,5-6H2,(H,16,17). The highest BCUT2D eigenvalue weighted by atomic mass is 79.9. The van der Waals surface area contributed by atoms with Gasteiger partial charge in [-0.15, -0.1) is 13.2 Å². The summed E-state index contributed by atoms with van der Waals surface area (Å²) in [5, 5.41) is 3.32. The lowest BCUT2D eigenvalue weighted by Crippen LogP contribution is -2.25. The van der Waals surface area contributed by atoms with Gasteiger partial charge in [-0.25, -0.2) is 0 Å². The van der Waals surface area contributed by atoms with E-state index in [9.17, 15) is 18.0 Å². The van der Waals surface area contributed by atoms with Crippen LogP contribution in [0.15, 0.2) is 24.3 Å². The minimum absolute atomic E-state index is 0.131. The van der Waals surface area contributed by atoms with Crippen molar-refractivity contribution in [3.05, 3.63) is 29.8 Å². The Morgan fingerprint density at radius 3 is 2.72 bits per heavy atom. The second-order valence-corrected chi connectivity index (χ2v) is 4.17. The van der Waals surface area contributed by atoms with Gasteiger partial charge < -0.3 is 10.1 Å². The lowest BCUT2D eigenvalue weighted by Gasteiger charge is -2.10. The van der Waals surface area contributed by atoms with Crippen LogP contribution >= 0.6 is 15.9 Å². The Kier molecular flexibility index (Phi) is 5.46. The van der Waals surface area contributed by atoms with Crippen LogP contribution in [0.4, 0.5) is 13.2 Å². The molecule has 0 radical (unpaired) electrons. The van der Waals surface area contributed by atoms with Crippen molar-refractivity contribution in [2.24, 2.45) is 0 Å². The summed E-state index contributed by atoms with van der Waals surface area (Å²) in [7, 11) is 0. The Morgan fingerprint density at radius 2 is 2.11 bits per heavy atom. The minimum Gasteiger partial charge on any atom is -0.406 e. The first-order valence-electron chi connectivity index (χ1n) is 5.12. The van der Waals surface area contributed by atoms with Gasteiger partial charge in [0.25, 0.3) is 5.91 Å². The van der Waals surface area contributed by atoms with E-state index in [1.165, 1.54) is 12.1 Å². The van der Waals surface area contributed by atoms with Gasteiger partial charge in [-0.2, -0.15) is 0 Å². The third-order valence-electron chi connectivity index (χ3n) is 1.93. The predicted molar refractivity (Wildman–Crippen MR) is 63.9 cm³/mol. The molecule has 1 N–H and O–H groups in total. The summed E-state index contributed by atoms with van der Waals surface area (Å²) >= 11 is 3.20. The van der Waals surface area contributed by atoms with E-state index >= 15 is 0 Å². The fourth-order valence-corrected chi connectivity index (χ4v) is 1.49. The van der Waals surface area contributed by atoms with Crippen molar-refractivity contribution in [1.29, 1.82) is 0 Å². The van der Waals surface area contributed by atoms with Crippen molar-refractivity contribution in [3.63, 3.8) is 0 Å². The maximum Gasteiger partial charge on any atom is 0.573 e. The number of carbonyl (C=O) groups is 1. The summed E-state index contributed by atoms with van der Waals surface area (Å²) in [5.41, 5.74) is 0.131. The molecule has 1 aromatic rings. The van der Waals surface area contributed by atoms with Crippen LogP contribution in [-0.2, 0) is 0 Å². The van der Waals surface area contributed by atoms with E-state index in [1.807, 2.05) is 0 Å². The van der Waals surface area contributed by atoms with E-state index in [0.29, 0.717) is 6.54 Å². The van der Waals surface area contributed by atoms with Crippen LogP contribution in [0.3, 0.4) is 0 Å². The first kappa shape index (κ1) is 14.8. The first-order valence-corrected chi connectivity index (χ1v) is 6.24. The van der Waals surface area contributed by atoms with Gasteiger partial charge >= 0.3 is 6.36 Å². The number of hydrogen-bond acceptors (Lipinski definition) is 2. The Balaban J connectivity index is 2.66. The smallest absolute Gasteiger partial charge is 0.406 e. The van der Waals surface area contributed by atoms with E-state index in [0.717, 1.165) is 23.9 Å². The van der Waals surface area contributed by atoms with E-state index in [1.54, 1.807) is 0 Å². The summed E-state index contributed by atoms with van der Waals surface area (Å²) in [5.74, 6) is -0.834. The van der Waals surface area contributed by atoms with Crippen LogP contribution in [0.1, 0.15) is 16.8 Å². The number of ether oxygens (including phenoxy) is 1. The molecule has 3 nitrogen and oxygen atoms in total. The van der Waals surface area contributed by atoms with E-state index < -0.39 is 18.0 Å². The Bertz CT molecular complexity index is 410. The molecule has 18 heavy (non-hydrogen) atoms. The van der Waals surface area contributed by atoms with Crippen LogP contribution in [0.25, 0.3) is 0 Å². The normalized spacial score (nSPS) is 11.1. The fraction of sp³-hybridized carbons (Fsp3) is 0.364. The van der Waals surface area contributed by atoms with Gasteiger partial charge in [0.1, 0.15) is 5.75 Å². The van der Waals surface area contributed by atoms with Crippen molar-refractivity contribution in [2.45, 2.75) is 12.8 Å². The fourth-order valence-electron chi connectivity index (χ4n) is 1.21. The van der Waals surface area contributed by atoms with Gasteiger partial charge in [-0.1, -0.05) is 22.0 Å². The molecule has 100 valence electrons. The highest BCUT2D eigenvalue weighted by Gasteiger charge is 2.31. The van der Waals surface area contributed by atoms with Gasteiger partial charge in [-0.05, 0) is 24.6 Å². The molecule has 0 atom stereocenters. The number of rotatable bonds is 5. The molecule has 1 rings (SSSR count). The largest absolute Gasteiger partial charge is 0.573 e. The third kappa shape index (κ3) is 5.39. The van der Waals surface area contributed by atoms with Crippen molar-refractivity contribution in [1.82, 2.24) is 5.32 Å². The minimum atomic E-state index is -4.76. The zero-order valence-corrected chi connectivity index (χ0v) is 10.8. The number of benzene rings is 1. The maximum atomic E-state index is 12.0. The molecule has 0 aromatic heterocycles. The third-order valence-corrected chi connectivity index (χ3v) is 2.49. The summed E-state index contributed by atoms with van der Waals surface area (Å²) in [6, 6.07) is 4.95. The van der Waals surface area contributed by atoms with Crippen LogP contribution in [-0.4, -0.2) is 24.1 Å². The number of halogens is 4. The Hall–Kier alpha value is -1.24. The Labute approximate surface area is 110 Å². The molecule has 1 aromatic carbocycles. The average molecular weight is 326 g/mol. The molecule has 7 heteroatoms. The number of alkyl halides is 4. The van der Waals surface area contributed by atoms with Crippen molar-refractivity contribution in [3.8, 4) is 5.75 Å². The second kappa shape index (κ2) is 6.63. The average Bonchev–Trinajstić information content (AvgIpc) is 2.27. The molecule has 0 fully saturated rings. The van der Waals surface area contributed by atoms with Crippen LogP contribution in [0, 0.1) is 0 Å². The summed E-state index contributed by atoms with van der Waals surface area (Å²) in [6.07, 6.45) is -4.02. The SMILES string of the molecule is O=C(NCCCBr)c1cccc(OC(F)(F)F)c1. The molecule has 0 aliphatic heterocycles. The van der Waals surface area contributed by atoms with Crippen LogP contribution in [0.5, 0.6) is 5.75 Å². The lowest BCUT2D eigenvalue weighted by molar-refractivity contribution is -0.274. The van der Waals surface area contributed by atoms with Crippen molar-refractivity contribution < 1.29 is 22.7 Å². The van der Waals surface area contributed by atoms with Crippen LogP contribution in [0.2, 0.25) is 0 Å². The molecule has 0 bridgehead atoms. The second-order valence-electron chi connectivity index (χ2n) is 3.37. The lowest BCUT2D eigenvalue weighted by atomic mass is 10.2. The summed E-state index contributed by atoms with van der Waals surface area (Å²) in [6.45, 7) is 0.453. The predicted octanol–water partition coefficient (Wildman–Crippen LogP) is 3.10. The number of nitrogens with one attached hydrogen (secondary N) is 1. The highest BCUT2D eigenvalue weighted by Crippen LogP contribution is 2.23. The van der Waals surface area contributed by atoms with Crippen molar-refractivity contribution >= 4 is 21.8 Å². The molecule has 0 saturated carbocycles. The number of amides is 1. The zero-order chi connectivity index (χ0) is 13.6. The molecule has 1 amide bonds. The first-order chi connectivity index (χ1) is 8.42. The molecule has 0 aliphatic rings. The molecule has 0 unspecified atom stereocenters. The summed E-state index contributed by atoms with van der Waals surface area (Å²) in [4.78, 5) is 11.6. The van der Waals surface area contributed by atoms with Gasteiger partial charge in [0.05, 0.1) is 0 Å². The van der Waals surface area contributed by atoms with Crippen LogP contribution < -0.4 is 10.1 Å². The molecular formula is C11H11BrF3NO2. The quantitative estimate of drug-likeness (QED) is 0.667. The highest BCUT2D eigenvalue weighted by molar-refractivity contribution is 9.09. The van der Waals surface area contributed by atoms with E-state index in [2.05, 4.69) is 26.0 Å². The Morgan fingerprint density at radius 1 is 1.39 bits per heavy atom. The molecule has 0 spiro atoms. The van der Waals surface area contributed by atoms with Gasteiger partial charge in [0.15, 0.2) is 0 Å². The molecule has 0 saturated heterocycles. The summed E-state index contributed by atoms with van der Waals surface area (Å²) < 4.78 is 39.7. The van der Waals surface area contributed by atoms with Gasteiger partial charge in [-0.3, -0.25) is 4.79 Å². The number of carbonyl (C=O) groups excluding carboxylic acids is 1. The maximum absolute atomic E-state index is 12.0. The van der Waals surface area contributed by atoms with E-state index in [4.69, 9.17) is 0 Å². The zero-order valence-electron chi connectivity index (χ0n) is 9.26. The molecular weight excluding hydrogens is 315 g/mol. The van der Waals surface area contributed by atoms with Crippen molar-refractivity contribution in [2.75, 3.05) is 11.9 Å². The topological polar surface area (TPSA) is 38.3 Å². The van der Waals surface area contributed by atoms with Gasteiger partial charge in [0, 0.05) is 17.4 Å². The molecule has 0 aliphatic carbocycles. The van der Waals surface area contributed by atoms with Gasteiger partial charge in [0.2, 0.25) is 0 Å². The molecule has 0 heterocycles. The monoisotopic (exact) mass is 325 g/mol. The number of hydrogen-bond donors (Lipinski definition) is 1.